The van der Waals surface area contributed by atoms with E-state index in [0.29, 0.717) is 30.2 Å². The zero-order valence-electron chi connectivity index (χ0n) is 13.3. The summed E-state index contributed by atoms with van der Waals surface area (Å²) in [6.45, 7) is 4.62. The lowest BCUT2D eigenvalue weighted by molar-refractivity contribution is -0.124. The number of benzene rings is 1. The summed E-state index contributed by atoms with van der Waals surface area (Å²) in [5.74, 6) is 0.122. The van der Waals surface area contributed by atoms with Crippen molar-refractivity contribution >= 4 is 11.9 Å². The van der Waals surface area contributed by atoms with Gasteiger partial charge in [0, 0.05) is 6.54 Å². The quantitative estimate of drug-likeness (QED) is 0.559. The second kappa shape index (κ2) is 9.65. The van der Waals surface area contributed by atoms with E-state index < -0.39 is 5.97 Å². The number of hydrogen-bond donors (Lipinski definition) is 1. The Morgan fingerprint density at radius 3 is 2.59 bits per heavy atom. The van der Waals surface area contributed by atoms with Crippen molar-refractivity contribution in [2.75, 3.05) is 26.9 Å². The van der Waals surface area contributed by atoms with Crippen molar-refractivity contribution in [2.24, 2.45) is 0 Å². The molecule has 0 heterocycles. The standard InChI is InChI=1S/C16H23NO5/c1-4-6-9-17-15(18)11-22-16(19)12-7-8-13(20-3)14(10-12)21-5-2/h7-8,10H,4-6,9,11H2,1-3H3,(H,17,18). The van der Waals surface area contributed by atoms with E-state index in [1.807, 2.05) is 13.8 Å². The van der Waals surface area contributed by atoms with Gasteiger partial charge in [-0.1, -0.05) is 13.3 Å². The lowest BCUT2D eigenvalue weighted by Crippen LogP contribution is -2.29. The van der Waals surface area contributed by atoms with Gasteiger partial charge in [0.25, 0.3) is 5.91 Å². The molecule has 1 aromatic carbocycles. The van der Waals surface area contributed by atoms with Gasteiger partial charge in [-0.2, -0.15) is 0 Å². The van der Waals surface area contributed by atoms with Gasteiger partial charge in [-0.15, -0.1) is 0 Å². The minimum atomic E-state index is -0.575. The van der Waals surface area contributed by atoms with Gasteiger partial charge in [0.1, 0.15) is 0 Å². The molecule has 122 valence electrons. The molecule has 0 spiro atoms. The van der Waals surface area contributed by atoms with Gasteiger partial charge in [-0.05, 0) is 31.5 Å². The first-order valence-corrected chi connectivity index (χ1v) is 7.37. The van der Waals surface area contributed by atoms with Crippen molar-refractivity contribution in [1.29, 1.82) is 0 Å². The van der Waals surface area contributed by atoms with E-state index in [1.165, 1.54) is 7.11 Å². The molecule has 1 amide bonds. The van der Waals surface area contributed by atoms with Gasteiger partial charge in [0.05, 0.1) is 19.3 Å². The Bertz CT molecular complexity index is 501. The number of esters is 1. The van der Waals surface area contributed by atoms with Crippen LogP contribution in [-0.4, -0.2) is 38.7 Å². The monoisotopic (exact) mass is 309 g/mol. The maximum Gasteiger partial charge on any atom is 0.338 e. The summed E-state index contributed by atoms with van der Waals surface area (Å²) in [7, 11) is 1.52. The van der Waals surface area contributed by atoms with Crippen LogP contribution in [0.3, 0.4) is 0 Å². The van der Waals surface area contributed by atoms with Crippen LogP contribution in [0.1, 0.15) is 37.0 Å². The van der Waals surface area contributed by atoms with E-state index in [-0.39, 0.29) is 12.5 Å². The molecule has 1 rings (SSSR count). The Morgan fingerprint density at radius 1 is 1.18 bits per heavy atom. The number of methoxy groups -OCH3 is 1. The summed E-state index contributed by atoms with van der Waals surface area (Å²) in [6.07, 6.45) is 1.89. The van der Waals surface area contributed by atoms with Crippen molar-refractivity contribution in [2.45, 2.75) is 26.7 Å². The van der Waals surface area contributed by atoms with Crippen LogP contribution in [0, 0.1) is 0 Å². The summed E-state index contributed by atoms with van der Waals surface area (Å²) < 4.78 is 15.5. The molecule has 0 aromatic heterocycles. The first-order chi connectivity index (χ1) is 10.6. The highest BCUT2D eigenvalue weighted by Crippen LogP contribution is 2.28. The van der Waals surface area contributed by atoms with Crippen molar-refractivity contribution in [1.82, 2.24) is 5.32 Å². The van der Waals surface area contributed by atoms with Crippen molar-refractivity contribution in [3.05, 3.63) is 23.8 Å². The third-order valence-electron chi connectivity index (χ3n) is 2.89. The molecule has 0 radical (unpaired) electrons. The SMILES string of the molecule is CCCCNC(=O)COC(=O)c1ccc(OC)c(OCC)c1. The average molecular weight is 309 g/mol. The molecule has 0 aliphatic carbocycles. The maximum atomic E-state index is 11.9. The topological polar surface area (TPSA) is 73.9 Å². The fraction of sp³-hybridized carbons (Fsp3) is 0.500. The molecule has 1 N–H and O–H groups in total. The Morgan fingerprint density at radius 2 is 1.95 bits per heavy atom. The second-order valence-corrected chi connectivity index (χ2v) is 4.58. The zero-order valence-corrected chi connectivity index (χ0v) is 13.3. The number of carbonyl (C=O) groups is 2. The van der Waals surface area contributed by atoms with Crippen LogP contribution in [0.5, 0.6) is 11.5 Å². The number of carbonyl (C=O) groups excluding carboxylic acids is 2. The molecule has 0 unspecified atom stereocenters. The molecule has 6 nitrogen and oxygen atoms in total. The second-order valence-electron chi connectivity index (χ2n) is 4.58. The minimum absolute atomic E-state index is 0.293. The lowest BCUT2D eigenvalue weighted by atomic mass is 10.2. The smallest absolute Gasteiger partial charge is 0.338 e. The highest BCUT2D eigenvalue weighted by molar-refractivity contribution is 5.92. The van der Waals surface area contributed by atoms with Crippen LogP contribution in [-0.2, 0) is 9.53 Å². The molecule has 0 saturated heterocycles. The Hall–Kier alpha value is -2.24. The molecule has 0 saturated carbocycles. The summed E-state index contributed by atoms with van der Waals surface area (Å²) >= 11 is 0. The van der Waals surface area contributed by atoms with E-state index in [0.717, 1.165) is 12.8 Å². The van der Waals surface area contributed by atoms with Crippen LogP contribution in [0.4, 0.5) is 0 Å². The van der Waals surface area contributed by atoms with Crippen LogP contribution in [0.25, 0.3) is 0 Å². The minimum Gasteiger partial charge on any atom is -0.493 e. The lowest BCUT2D eigenvalue weighted by Gasteiger charge is -2.11. The third-order valence-corrected chi connectivity index (χ3v) is 2.89. The summed E-state index contributed by atoms with van der Waals surface area (Å²) in [6, 6.07) is 4.74. The van der Waals surface area contributed by atoms with Crippen LogP contribution in [0.2, 0.25) is 0 Å². The summed E-state index contributed by atoms with van der Waals surface area (Å²) in [5, 5.41) is 2.68. The molecular weight excluding hydrogens is 286 g/mol. The number of amides is 1. The van der Waals surface area contributed by atoms with Crippen LogP contribution < -0.4 is 14.8 Å². The highest BCUT2D eigenvalue weighted by atomic mass is 16.5. The summed E-state index contributed by atoms with van der Waals surface area (Å²) in [5.41, 5.74) is 0.311. The van der Waals surface area contributed by atoms with Crippen LogP contribution in [0.15, 0.2) is 18.2 Å². The van der Waals surface area contributed by atoms with Gasteiger partial charge in [-0.3, -0.25) is 4.79 Å². The largest absolute Gasteiger partial charge is 0.493 e. The molecule has 6 heteroatoms. The van der Waals surface area contributed by atoms with E-state index >= 15 is 0 Å². The summed E-state index contributed by atoms with van der Waals surface area (Å²) in [4.78, 5) is 23.4. The van der Waals surface area contributed by atoms with Gasteiger partial charge in [0.15, 0.2) is 18.1 Å². The average Bonchev–Trinajstić information content (AvgIpc) is 2.53. The first-order valence-electron chi connectivity index (χ1n) is 7.37. The van der Waals surface area contributed by atoms with E-state index in [2.05, 4.69) is 5.32 Å². The van der Waals surface area contributed by atoms with Crippen molar-refractivity contribution in [3.63, 3.8) is 0 Å². The Kier molecular flexibility index (Phi) is 7.81. The number of nitrogens with one attached hydrogen (secondary N) is 1. The fourth-order valence-corrected chi connectivity index (χ4v) is 1.74. The van der Waals surface area contributed by atoms with Gasteiger partial charge < -0.3 is 19.5 Å². The number of hydrogen-bond acceptors (Lipinski definition) is 5. The Labute approximate surface area is 130 Å². The highest BCUT2D eigenvalue weighted by Gasteiger charge is 2.13. The molecule has 0 aliphatic rings. The van der Waals surface area contributed by atoms with E-state index in [9.17, 15) is 9.59 Å². The van der Waals surface area contributed by atoms with Gasteiger partial charge in [0.2, 0.25) is 0 Å². The first kappa shape index (κ1) is 17.8. The normalized spacial score (nSPS) is 9.95. The van der Waals surface area contributed by atoms with E-state index in [1.54, 1.807) is 18.2 Å². The molecule has 0 bridgehead atoms. The van der Waals surface area contributed by atoms with Gasteiger partial charge in [-0.25, -0.2) is 4.79 Å². The maximum absolute atomic E-state index is 11.9. The zero-order chi connectivity index (χ0) is 16.4. The predicted octanol–water partition coefficient (Wildman–Crippen LogP) is 2.17. The molecule has 0 fully saturated rings. The van der Waals surface area contributed by atoms with Gasteiger partial charge >= 0.3 is 5.97 Å². The number of unbranched alkanes of at least 4 members (excludes halogenated alkanes) is 1. The van der Waals surface area contributed by atoms with Crippen molar-refractivity contribution in [3.8, 4) is 11.5 Å². The number of ether oxygens (including phenoxy) is 3. The predicted molar refractivity (Wildman–Crippen MR) is 82.4 cm³/mol. The molecule has 1 aromatic rings. The number of rotatable bonds is 9. The molecule has 0 aliphatic heterocycles. The third kappa shape index (κ3) is 5.63. The van der Waals surface area contributed by atoms with Crippen LogP contribution >= 0.6 is 0 Å². The molecular formula is C16H23NO5. The van der Waals surface area contributed by atoms with E-state index in [4.69, 9.17) is 14.2 Å². The van der Waals surface area contributed by atoms with Crippen molar-refractivity contribution < 1.29 is 23.8 Å². The Balaban J connectivity index is 2.58. The molecule has 22 heavy (non-hydrogen) atoms. The fourth-order valence-electron chi connectivity index (χ4n) is 1.74. The molecule has 0 atom stereocenters.